The maximum atomic E-state index is 10.6. The summed E-state index contributed by atoms with van der Waals surface area (Å²) in [5.74, 6) is -0.209. The summed E-state index contributed by atoms with van der Waals surface area (Å²) in [6.07, 6.45) is 5.62. The molecule has 1 amide bonds. The van der Waals surface area contributed by atoms with Crippen LogP contribution in [0.4, 0.5) is 11.4 Å². The first-order valence-corrected chi connectivity index (χ1v) is 11.2. The lowest BCUT2D eigenvalue weighted by atomic mass is 10.00. The van der Waals surface area contributed by atoms with Gasteiger partial charge in [-0.3, -0.25) is 4.79 Å². The number of phenolic OH excluding ortho intramolecular Hbond substituents is 1. The Labute approximate surface area is 190 Å². The Balaban J connectivity index is 0.000000188. The number of carbonyl (C=O) groups excluding carboxylic acids is 1. The molecule has 4 rings (SSSR count). The molecule has 0 spiro atoms. The summed E-state index contributed by atoms with van der Waals surface area (Å²) in [5.41, 5.74) is 18.6. The molecular weight excluding hydrogens is 398 g/mol. The number of benzene rings is 3. The second-order valence-electron chi connectivity index (χ2n) is 8.33. The van der Waals surface area contributed by atoms with Crippen LogP contribution in [-0.2, 0) is 24.1 Å². The minimum Gasteiger partial charge on any atom is -0.508 e. The molecule has 0 saturated carbocycles. The van der Waals surface area contributed by atoms with E-state index in [9.17, 15) is 9.90 Å². The monoisotopic (exact) mass is 431 g/mol. The van der Waals surface area contributed by atoms with Crippen LogP contribution >= 0.6 is 0 Å². The molecule has 1 heterocycles. The number of fused-ring (bicyclic) bond motifs is 1. The third-order valence-corrected chi connectivity index (χ3v) is 5.72. The van der Waals surface area contributed by atoms with Gasteiger partial charge in [-0.1, -0.05) is 42.5 Å². The number of aryl methyl sites for hydroxylation is 2. The average molecular weight is 432 g/mol. The number of rotatable bonds is 5. The Morgan fingerprint density at radius 1 is 1.03 bits per heavy atom. The molecule has 1 aliphatic heterocycles. The molecular formula is C27H33N3O2. The number of nitrogens with two attached hydrogens (primary N) is 2. The molecule has 6 N–H and O–H groups in total. The van der Waals surface area contributed by atoms with Crippen molar-refractivity contribution in [1.29, 1.82) is 0 Å². The Morgan fingerprint density at radius 3 is 2.53 bits per heavy atom. The number of aromatic hydroxyl groups is 1. The summed E-state index contributed by atoms with van der Waals surface area (Å²) < 4.78 is 0. The molecule has 5 heteroatoms. The fourth-order valence-corrected chi connectivity index (χ4v) is 4.05. The van der Waals surface area contributed by atoms with Crippen molar-refractivity contribution >= 4 is 17.3 Å². The van der Waals surface area contributed by atoms with Gasteiger partial charge in [-0.15, -0.1) is 0 Å². The minimum atomic E-state index is -0.350. The lowest BCUT2D eigenvalue weighted by Gasteiger charge is -2.10. The number of hydrogen-bond donors (Lipinski definition) is 4. The average Bonchev–Trinajstić information content (AvgIpc) is 2.99. The Hall–Kier alpha value is -3.47. The van der Waals surface area contributed by atoms with Gasteiger partial charge in [0.2, 0.25) is 5.91 Å². The van der Waals surface area contributed by atoms with Gasteiger partial charge in [-0.05, 0) is 79.0 Å². The van der Waals surface area contributed by atoms with Crippen LogP contribution in [0.2, 0.25) is 0 Å². The molecule has 0 unspecified atom stereocenters. The predicted octanol–water partition coefficient (Wildman–Crippen LogP) is 4.73. The summed E-state index contributed by atoms with van der Waals surface area (Å²) in [6.45, 7) is 2.96. The maximum Gasteiger partial charge on any atom is 0.217 e. The summed E-state index contributed by atoms with van der Waals surface area (Å²) in [5, 5.41) is 12.7. The number of carbonyl (C=O) groups is 1. The highest BCUT2D eigenvalue weighted by molar-refractivity contribution is 5.74. The lowest BCUT2D eigenvalue weighted by Crippen LogP contribution is -2.12. The first-order chi connectivity index (χ1) is 15.4. The largest absolute Gasteiger partial charge is 0.508 e. The molecule has 0 aliphatic carbocycles. The van der Waals surface area contributed by atoms with E-state index in [1.807, 2.05) is 6.92 Å². The van der Waals surface area contributed by atoms with Gasteiger partial charge in [-0.25, -0.2) is 0 Å². The number of anilines is 2. The molecule has 3 aromatic rings. The molecule has 32 heavy (non-hydrogen) atoms. The molecule has 5 nitrogen and oxygen atoms in total. The first-order valence-electron chi connectivity index (χ1n) is 11.2. The van der Waals surface area contributed by atoms with Crippen LogP contribution in [-0.4, -0.2) is 17.6 Å². The smallest absolute Gasteiger partial charge is 0.217 e. The van der Waals surface area contributed by atoms with Crippen LogP contribution in [0.25, 0.3) is 0 Å². The number of primary amides is 1. The molecule has 0 bridgehead atoms. The quantitative estimate of drug-likeness (QED) is 0.439. The van der Waals surface area contributed by atoms with E-state index in [4.69, 9.17) is 11.5 Å². The van der Waals surface area contributed by atoms with Crippen molar-refractivity contribution in [1.82, 2.24) is 0 Å². The van der Waals surface area contributed by atoms with Crippen LogP contribution in [0.5, 0.6) is 5.75 Å². The van der Waals surface area contributed by atoms with Gasteiger partial charge in [0.25, 0.3) is 0 Å². The fourth-order valence-electron chi connectivity index (χ4n) is 4.05. The van der Waals surface area contributed by atoms with Crippen molar-refractivity contribution in [2.75, 3.05) is 17.6 Å². The van der Waals surface area contributed by atoms with Gasteiger partial charge in [0.15, 0.2) is 0 Å². The zero-order valence-electron chi connectivity index (χ0n) is 18.7. The standard InChI is InChI=1S/C17H19N.C10H14N2O2/c1-2-6-14(7-3-1)12-15-9-10-17-16(13-15)8-4-5-11-18-17;1-6-4-7(13)5-9(11)8(6)2-3-10(12)14/h1-3,6-7,9-10,13,18H,4-5,8,11-12H2;4-5,13H,2-3,11H2,1H3,(H2,12,14). The van der Waals surface area contributed by atoms with E-state index in [0.29, 0.717) is 12.1 Å². The van der Waals surface area contributed by atoms with E-state index in [0.717, 1.165) is 24.1 Å². The van der Waals surface area contributed by atoms with E-state index in [2.05, 4.69) is 53.8 Å². The summed E-state index contributed by atoms with van der Waals surface area (Å²) in [6, 6.07) is 20.7. The van der Waals surface area contributed by atoms with Crippen molar-refractivity contribution in [3.8, 4) is 5.75 Å². The topological polar surface area (TPSA) is 101 Å². The van der Waals surface area contributed by atoms with E-state index in [-0.39, 0.29) is 18.1 Å². The lowest BCUT2D eigenvalue weighted by molar-refractivity contribution is -0.117. The number of amides is 1. The molecule has 0 atom stereocenters. The fraction of sp³-hybridized carbons (Fsp3) is 0.296. The highest BCUT2D eigenvalue weighted by Gasteiger charge is 2.08. The number of phenols is 1. The zero-order valence-corrected chi connectivity index (χ0v) is 18.7. The molecule has 168 valence electrons. The number of nitrogens with one attached hydrogen (secondary N) is 1. The molecule has 0 fully saturated rings. The van der Waals surface area contributed by atoms with Crippen LogP contribution in [0.15, 0.2) is 60.7 Å². The van der Waals surface area contributed by atoms with Gasteiger partial charge in [-0.2, -0.15) is 0 Å². The SMILES string of the molecule is Cc1cc(O)cc(N)c1CCC(N)=O.c1ccc(Cc2ccc3c(c2)CCCCN3)cc1. The van der Waals surface area contributed by atoms with Gasteiger partial charge in [0, 0.05) is 30.4 Å². The first kappa shape index (κ1) is 23.2. The molecule has 3 aromatic carbocycles. The van der Waals surface area contributed by atoms with Crippen molar-refractivity contribution < 1.29 is 9.90 Å². The zero-order chi connectivity index (χ0) is 22.9. The summed E-state index contributed by atoms with van der Waals surface area (Å²) in [4.78, 5) is 10.6. The summed E-state index contributed by atoms with van der Waals surface area (Å²) in [7, 11) is 0. The van der Waals surface area contributed by atoms with Crippen molar-refractivity contribution in [2.24, 2.45) is 5.73 Å². The summed E-state index contributed by atoms with van der Waals surface area (Å²) >= 11 is 0. The van der Waals surface area contributed by atoms with E-state index >= 15 is 0 Å². The van der Waals surface area contributed by atoms with E-state index in [1.165, 1.54) is 47.7 Å². The second kappa shape index (κ2) is 11.2. The minimum absolute atomic E-state index is 0.142. The van der Waals surface area contributed by atoms with E-state index < -0.39 is 0 Å². The third kappa shape index (κ3) is 6.77. The normalized spacial score (nSPS) is 12.5. The molecule has 1 aliphatic rings. The van der Waals surface area contributed by atoms with E-state index in [1.54, 1.807) is 6.07 Å². The van der Waals surface area contributed by atoms with Crippen molar-refractivity contribution in [2.45, 2.75) is 45.4 Å². The molecule has 0 aromatic heterocycles. The maximum absolute atomic E-state index is 10.6. The highest BCUT2D eigenvalue weighted by atomic mass is 16.3. The predicted molar refractivity (Wildman–Crippen MR) is 132 cm³/mol. The van der Waals surface area contributed by atoms with Crippen LogP contribution < -0.4 is 16.8 Å². The van der Waals surface area contributed by atoms with Gasteiger partial charge in [0.1, 0.15) is 5.75 Å². The van der Waals surface area contributed by atoms with Crippen LogP contribution in [0.3, 0.4) is 0 Å². The Bertz CT molecular complexity index is 1030. The van der Waals surface area contributed by atoms with Crippen LogP contribution in [0.1, 0.15) is 47.1 Å². The van der Waals surface area contributed by atoms with Gasteiger partial charge < -0.3 is 21.9 Å². The molecule has 0 radical (unpaired) electrons. The van der Waals surface area contributed by atoms with Gasteiger partial charge >= 0.3 is 0 Å². The number of nitrogen functional groups attached to an aromatic ring is 1. The Morgan fingerprint density at radius 2 is 1.81 bits per heavy atom. The van der Waals surface area contributed by atoms with Crippen LogP contribution in [0, 0.1) is 6.92 Å². The van der Waals surface area contributed by atoms with Crippen molar-refractivity contribution in [3.63, 3.8) is 0 Å². The number of hydrogen-bond acceptors (Lipinski definition) is 4. The van der Waals surface area contributed by atoms with Crippen molar-refractivity contribution in [3.05, 3.63) is 88.5 Å². The molecule has 0 saturated heterocycles. The Kier molecular flexibility index (Phi) is 8.14. The highest BCUT2D eigenvalue weighted by Crippen LogP contribution is 2.25. The third-order valence-electron chi connectivity index (χ3n) is 5.72. The van der Waals surface area contributed by atoms with Gasteiger partial charge in [0.05, 0.1) is 0 Å². The second-order valence-corrected chi connectivity index (χ2v) is 8.33.